The van der Waals surface area contributed by atoms with Gasteiger partial charge in [-0.2, -0.15) is 0 Å². The molecule has 78 valence electrons. The second-order valence-electron chi connectivity index (χ2n) is 3.39. The summed E-state index contributed by atoms with van der Waals surface area (Å²) in [5.41, 5.74) is 0. The van der Waals surface area contributed by atoms with Gasteiger partial charge in [0.05, 0.1) is 0 Å². The van der Waals surface area contributed by atoms with Crippen LogP contribution in [0.15, 0.2) is 0 Å². The van der Waals surface area contributed by atoms with E-state index < -0.39 is 0 Å². The minimum atomic E-state index is -0.00957. The Bertz CT molecular complexity index is 151. The SMILES string of the molecule is CC(=O)NCCNC(C)C(C)CO. The Hall–Kier alpha value is -0.610. The molecule has 0 bridgehead atoms. The molecule has 4 nitrogen and oxygen atoms in total. The lowest BCUT2D eigenvalue weighted by Crippen LogP contribution is -2.39. The molecule has 0 aromatic heterocycles. The van der Waals surface area contributed by atoms with Crippen LogP contribution in [0.5, 0.6) is 0 Å². The number of hydrogen-bond acceptors (Lipinski definition) is 3. The highest BCUT2D eigenvalue weighted by atomic mass is 16.3. The maximum Gasteiger partial charge on any atom is 0.216 e. The van der Waals surface area contributed by atoms with Gasteiger partial charge in [0.1, 0.15) is 0 Å². The first-order valence-electron chi connectivity index (χ1n) is 4.66. The van der Waals surface area contributed by atoms with Crippen molar-refractivity contribution < 1.29 is 9.90 Å². The molecule has 4 heteroatoms. The molecule has 0 aromatic carbocycles. The highest BCUT2D eigenvalue weighted by molar-refractivity contribution is 5.72. The predicted octanol–water partition coefficient (Wildman–Crippen LogP) is -0.271. The molecule has 0 heterocycles. The van der Waals surface area contributed by atoms with Crippen LogP contribution in [-0.2, 0) is 4.79 Å². The van der Waals surface area contributed by atoms with Gasteiger partial charge in [-0.25, -0.2) is 0 Å². The van der Waals surface area contributed by atoms with Crippen LogP contribution < -0.4 is 10.6 Å². The Morgan fingerprint density at radius 1 is 1.38 bits per heavy atom. The Labute approximate surface area is 79.7 Å². The number of amides is 1. The van der Waals surface area contributed by atoms with Crippen LogP contribution in [0.4, 0.5) is 0 Å². The van der Waals surface area contributed by atoms with E-state index in [1.807, 2.05) is 13.8 Å². The summed E-state index contributed by atoms with van der Waals surface area (Å²) in [7, 11) is 0. The lowest BCUT2D eigenvalue weighted by atomic mass is 10.1. The standard InChI is InChI=1S/C9H20N2O2/c1-7(6-12)8(2)10-4-5-11-9(3)13/h7-8,10,12H,4-6H2,1-3H3,(H,11,13). The van der Waals surface area contributed by atoms with Gasteiger partial charge >= 0.3 is 0 Å². The lowest BCUT2D eigenvalue weighted by molar-refractivity contribution is -0.118. The maximum absolute atomic E-state index is 10.5. The molecule has 13 heavy (non-hydrogen) atoms. The first-order valence-corrected chi connectivity index (χ1v) is 4.66. The van der Waals surface area contributed by atoms with Crippen LogP contribution in [0, 0.1) is 5.92 Å². The van der Waals surface area contributed by atoms with Crippen molar-refractivity contribution in [1.82, 2.24) is 10.6 Å². The summed E-state index contributed by atoms with van der Waals surface area (Å²) in [4.78, 5) is 10.5. The molecule has 0 aliphatic carbocycles. The smallest absolute Gasteiger partial charge is 0.216 e. The normalized spacial score (nSPS) is 15.1. The molecule has 0 saturated carbocycles. The Morgan fingerprint density at radius 2 is 2.00 bits per heavy atom. The summed E-state index contributed by atoms with van der Waals surface area (Å²) >= 11 is 0. The van der Waals surface area contributed by atoms with Crippen molar-refractivity contribution in [3.63, 3.8) is 0 Å². The molecule has 0 aliphatic heterocycles. The number of carbonyl (C=O) groups is 1. The molecular formula is C9H20N2O2. The molecule has 0 aromatic rings. The van der Waals surface area contributed by atoms with Gasteiger partial charge in [0, 0.05) is 32.7 Å². The zero-order valence-electron chi connectivity index (χ0n) is 8.63. The van der Waals surface area contributed by atoms with Crippen LogP contribution in [0.3, 0.4) is 0 Å². The van der Waals surface area contributed by atoms with Crippen molar-refractivity contribution in [3.8, 4) is 0 Å². The summed E-state index contributed by atoms with van der Waals surface area (Å²) < 4.78 is 0. The highest BCUT2D eigenvalue weighted by Crippen LogP contribution is 1.99. The van der Waals surface area contributed by atoms with Crippen molar-refractivity contribution in [3.05, 3.63) is 0 Å². The quantitative estimate of drug-likeness (QED) is 0.503. The van der Waals surface area contributed by atoms with E-state index in [0.717, 1.165) is 6.54 Å². The summed E-state index contributed by atoms with van der Waals surface area (Å²) in [6.45, 7) is 7.07. The number of nitrogens with one attached hydrogen (secondary N) is 2. The Morgan fingerprint density at radius 3 is 2.46 bits per heavy atom. The molecule has 0 fully saturated rings. The third-order valence-corrected chi connectivity index (χ3v) is 2.11. The Balaban J connectivity index is 3.36. The average molecular weight is 188 g/mol. The number of rotatable bonds is 6. The van der Waals surface area contributed by atoms with Gasteiger partial charge in [0.2, 0.25) is 5.91 Å². The van der Waals surface area contributed by atoms with Crippen molar-refractivity contribution >= 4 is 5.91 Å². The van der Waals surface area contributed by atoms with Crippen molar-refractivity contribution in [2.24, 2.45) is 5.92 Å². The molecule has 0 aliphatic rings. The number of aliphatic hydroxyl groups is 1. The van der Waals surface area contributed by atoms with E-state index in [2.05, 4.69) is 10.6 Å². The zero-order valence-corrected chi connectivity index (χ0v) is 8.63. The number of aliphatic hydroxyl groups excluding tert-OH is 1. The van der Waals surface area contributed by atoms with Gasteiger partial charge in [0.25, 0.3) is 0 Å². The van der Waals surface area contributed by atoms with Crippen molar-refractivity contribution in [1.29, 1.82) is 0 Å². The van der Waals surface area contributed by atoms with E-state index in [9.17, 15) is 4.79 Å². The van der Waals surface area contributed by atoms with Gasteiger partial charge in [0.15, 0.2) is 0 Å². The van der Waals surface area contributed by atoms with Crippen LogP contribution in [0.1, 0.15) is 20.8 Å². The molecular weight excluding hydrogens is 168 g/mol. The van der Waals surface area contributed by atoms with E-state index in [4.69, 9.17) is 5.11 Å². The van der Waals surface area contributed by atoms with E-state index in [1.165, 1.54) is 6.92 Å². The fourth-order valence-corrected chi connectivity index (χ4v) is 0.898. The lowest BCUT2D eigenvalue weighted by Gasteiger charge is -2.19. The largest absolute Gasteiger partial charge is 0.396 e. The van der Waals surface area contributed by atoms with Crippen LogP contribution in [0.2, 0.25) is 0 Å². The van der Waals surface area contributed by atoms with E-state index in [-0.39, 0.29) is 24.5 Å². The fraction of sp³-hybridized carbons (Fsp3) is 0.889. The maximum atomic E-state index is 10.5. The van der Waals surface area contributed by atoms with E-state index >= 15 is 0 Å². The van der Waals surface area contributed by atoms with Gasteiger partial charge in [-0.05, 0) is 12.8 Å². The fourth-order valence-electron chi connectivity index (χ4n) is 0.898. The molecule has 1 amide bonds. The molecule has 2 atom stereocenters. The predicted molar refractivity (Wildman–Crippen MR) is 52.4 cm³/mol. The third kappa shape index (κ3) is 6.54. The molecule has 0 rings (SSSR count). The second kappa shape index (κ2) is 6.86. The molecule has 3 N–H and O–H groups in total. The number of hydrogen-bond donors (Lipinski definition) is 3. The number of carbonyl (C=O) groups excluding carboxylic acids is 1. The average Bonchev–Trinajstić information content (AvgIpc) is 2.10. The van der Waals surface area contributed by atoms with Crippen LogP contribution in [0.25, 0.3) is 0 Å². The third-order valence-electron chi connectivity index (χ3n) is 2.11. The van der Waals surface area contributed by atoms with Crippen LogP contribution >= 0.6 is 0 Å². The first-order chi connectivity index (χ1) is 6.07. The summed E-state index contributed by atoms with van der Waals surface area (Å²) in [6.07, 6.45) is 0. The topological polar surface area (TPSA) is 61.4 Å². The molecule has 0 radical (unpaired) electrons. The second-order valence-corrected chi connectivity index (χ2v) is 3.39. The minimum Gasteiger partial charge on any atom is -0.396 e. The molecule has 0 saturated heterocycles. The van der Waals surface area contributed by atoms with Crippen LogP contribution in [-0.4, -0.2) is 36.8 Å². The summed E-state index contributed by atoms with van der Waals surface area (Å²) in [6, 6.07) is 0.277. The molecule has 0 spiro atoms. The Kier molecular flexibility index (Phi) is 6.54. The first kappa shape index (κ1) is 12.4. The van der Waals surface area contributed by atoms with E-state index in [1.54, 1.807) is 0 Å². The minimum absolute atomic E-state index is 0.00957. The summed E-state index contributed by atoms with van der Waals surface area (Å²) in [5.74, 6) is 0.238. The van der Waals surface area contributed by atoms with Crippen molar-refractivity contribution in [2.75, 3.05) is 19.7 Å². The molecule has 2 unspecified atom stereocenters. The zero-order chi connectivity index (χ0) is 10.3. The van der Waals surface area contributed by atoms with Gasteiger partial charge in [-0.15, -0.1) is 0 Å². The van der Waals surface area contributed by atoms with Crippen molar-refractivity contribution in [2.45, 2.75) is 26.8 Å². The summed E-state index contributed by atoms with van der Waals surface area (Å²) in [5, 5.41) is 14.7. The van der Waals surface area contributed by atoms with Gasteiger partial charge < -0.3 is 15.7 Å². The monoisotopic (exact) mass is 188 g/mol. The highest BCUT2D eigenvalue weighted by Gasteiger charge is 2.09. The van der Waals surface area contributed by atoms with Gasteiger partial charge in [-0.1, -0.05) is 6.92 Å². The van der Waals surface area contributed by atoms with Gasteiger partial charge in [-0.3, -0.25) is 4.79 Å². The van der Waals surface area contributed by atoms with E-state index in [0.29, 0.717) is 6.54 Å².